The molecule has 0 spiro atoms. The Labute approximate surface area is 159 Å². The van der Waals surface area contributed by atoms with Gasteiger partial charge in [-0.3, -0.25) is 4.79 Å². The van der Waals surface area contributed by atoms with Crippen LogP contribution in [0.25, 0.3) is 5.69 Å². The van der Waals surface area contributed by atoms with Gasteiger partial charge in [0.25, 0.3) is 5.91 Å². The number of aromatic nitrogens is 3. The molecule has 6 nitrogen and oxygen atoms in total. The van der Waals surface area contributed by atoms with Crippen molar-refractivity contribution in [3.8, 4) is 11.4 Å². The summed E-state index contributed by atoms with van der Waals surface area (Å²) in [7, 11) is 0. The van der Waals surface area contributed by atoms with Crippen LogP contribution in [0.5, 0.6) is 5.75 Å². The lowest BCUT2D eigenvalue weighted by molar-refractivity contribution is 0.0945. The van der Waals surface area contributed by atoms with Gasteiger partial charge in [0.15, 0.2) is 5.69 Å². The molecule has 0 saturated heterocycles. The highest BCUT2D eigenvalue weighted by Gasteiger charge is 2.17. The van der Waals surface area contributed by atoms with Crippen molar-refractivity contribution < 1.29 is 9.53 Å². The Morgan fingerprint density at radius 3 is 2.48 bits per heavy atom. The smallest absolute Gasteiger partial charge is 0.274 e. The summed E-state index contributed by atoms with van der Waals surface area (Å²) in [5.74, 6) is 0.580. The summed E-state index contributed by atoms with van der Waals surface area (Å²) < 4.78 is 7.12. The normalized spacial score (nSPS) is 10.7. The van der Waals surface area contributed by atoms with E-state index in [4.69, 9.17) is 4.74 Å². The maximum atomic E-state index is 12.5. The maximum absolute atomic E-state index is 12.5. The summed E-state index contributed by atoms with van der Waals surface area (Å²) in [6, 6.07) is 13.7. The van der Waals surface area contributed by atoms with Crippen LogP contribution >= 0.6 is 0 Å². The van der Waals surface area contributed by atoms with Crippen molar-refractivity contribution in [3.05, 3.63) is 70.5 Å². The van der Waals surface area contributed by atoms with Crippen LogP contribution in [0.4, 0.5) is 0 Å². The molecule has 1 amide bonds. The Hall–Kier alpha value is -3.15. The molecule has 1 N–H and O–H groups in total. The molecule has 0 radical (unpaired) electrons. The molecule has 0 atom stereocenters. The minimum atomic E-state index is -0.239. The zero-order valence-corrected chi connectivity index (χ0v) is 16.1. The fourth-order valence-corrected chi connectivity index (χ4v) is 2.78. The molecule has 1 aromatic heterocycles. The summed E-state index contributed by atoms with van der Waals surface area (Å²) in [4.78, 5) is 12.5. The average Bonchev–Trinajstić information content (AvgIpc) is 3.05. The van der Waals surface area contributed by atoms with E-state index in [1.165, 1.54) is 11.1 Å². The van der Waals surface area contributed by atoms with Gasteiger partial charge >= 0.3 is 0 Å². The van der Waals surface area contributed by atoms with Crippen molar-refractivity contribution in [2.75, 3.05) is 6.61 Å². The molecule has 3 aromatic rings. The van der Waals surface area contributed by atoms with Crippen LogP contribution in [-0.4, -0.2) is 27.5 Å². The van der Waals surface area contributed by atoms with Crippen LogP contribution in [0.3, 0.4) is 0 Å². The van der Waals surface area contributed by atoms with E-state index in [2.05, 4.69) is 29.5 Å². The Morgan fingerprint density at radius 2 is 1.81 bits per heavy atom. The van der Waals surface area contributed by atoms with Gasteiger partial charge in [0.2, 0.25) is 0 Å². The highest BCUT2D eigenvalue weighted by Crippen LogP contribution is 2.16. The third-order valence-corrected chi connectivity index (χ3v) is 4.53. The van der Waals surface area contributed by atoms with E-state index in [-0.39, 0.29) is 5.91 Å². The minimum absolute atomic E-state index is 0.239. The number of carbonyl (C=O) groups is 1. The zero-order chi connectivity index (χ0) is 19.4. The Morgan fingerprint density at radius 1 is 1.07 bits per heavy atom. The predicted octanol–water partition coefficient (Wildman–Crippen LogP) is 3.52. The van der Waals surface area contributed by atoms with E-state index >= 15 is 0 Å². The van der Waals surface area contributed by atoms with Crippen LogP contribution < -0.4 is 10.1 Å². The zero-order valence-electron chi connectivity index (χ0n) is 16.1. The van der Waals surface area contributed by atoms with Crippen LogP contribution in [0.1, 0.15) is 39.8 Å². The third-order valence-electron chi connectivity index (χ3n) is 4.53. The quantitative estimate of drug-likeness (QED) is 0.727. The van der Waals surface area contributed by atoms with Crippen molar-refractivity contribution >= 4 is 5.91 Å². The second-order valence-electron chi connectivity index (χ2n) is 6.46. The predicted molar refractivity (Wildman–Crippen MR) is 104 cm³/mol. The first-order valence-corrected chi connectivity index (χ1v) is 8.99. The number of ether oxygens (including phenoxy) is 1. The lowest BCUT2D eigenvalue weighted by Gasteiger charge is -2.08. The standard InChI is InChI=1S/C21H24N4O2/c1-5-27-19-10-7-17(8-11-19)13-22-21(26)20-16(4)25(24-23-20)18-9-6-14(2)15(3)12-18/h6-12H,5,13H2,1-4H3,(H,22,26). The largest absolute Gasteiger partial charge is 0.494 e. The fourth-order valence-electron chi connectivity index (χ4n) is 2.78. The van der Waals surface area contributed by atoms with E-state index in [1.807, 2.05) is 56.3 Å². The molecule has 6 heteroatoms. The summed E-state index contributed by atoms with van der Waals surface area (Å²) >= 11 is 0. The number of hydrogen-bond donors (Lipinski definition) is 1. The second-order valence-corrected chi connectivity index (χ2v) is 6.46. The van der Waals surface area contributed by atoms with Gasteiger partial charge in [0.1, 0.15) is 5.75 Å². The number of benzene rings is 2. The van der Waals surface area contributed by atoms with Gasteiger partial charge in [-0.25, -0.2) is 4.68 Å². The van der Waals surface area contributed by atoms with Gasteiger partial charge in [-0.1, -0.05) is 23.4 Å². The number of nitrogens with zero attached hydrogens (tertiary/aromatic N) is 3. The van der Waals surface area contributed by atoms with Gasteiger partial charge in [-0.15, -0.1) is 5.10 Å². The third kappa shape index (κ3) is 4.16. The van der Waals surface area contributed by atoms with Crippen molar-refractivity contribution in [2.24, 2.45) is 0 Å². The van der Waals surface area contributed by atoms with Crippen LogP contribution in [-0.2, 0) is 6.54 Å². The van der Waals surface area contributed by atoms with Crippen LogP contribution in [0.15, 0.2) is 42.5 Å². The summed E-state index contributed by atoms with van der Waals surface area (Å²) in [5.41, 5.74) is 5.31. The van der Waals surface area contributed by atoms with Gasteiger partial charge in [0, 0.05) is 6.54 Å². The molecule has 0 bridgehead atoms. The van der Waals surface area contributed by atoms with E-state index in [9.17, 15) is 4.79 Å². The first-order valence-electron chi connectivity index (χ1n) is 8.99. The molecular weight excluding hydrogens is 340 g/mol. The van der Waals surface area contributed by atoms with Gasteiger partial charge in [0.05, 0.1) is 18.0 Å². The molecule has 1 heterocycles. The molecule has 0 saturated carbocycles. The number of rotatable bonds is 6. The fraction of sp³-hybridized carbons (Fsp3) is 0.286. The molecule has 0 aliphatic carbocycles. The van der Waals surface area contributed by atoms with E-state index in [0.717, 1.165) is 17.0 Å². The first-order chi connectivity index (χ1) is 13.0. The molecule has 0 unspecified atom stereocenters. The highest BCUT2D eigenvalue weighted by molar-refractivity contribution is 5.93. The SMILES string of the molecule is CCOc1ccc(CNC(=O)c2nnn(-c3ccc(C)c(C)c3)c2C)cc1. The first kappa shape index (κ1) is 18.6. The Kier molecular flexibility index (Phi) is 5.54. The summed E-state index contributed by atoms with van der Waals surface area (Å²) in [5, 5.41) is 11.1. The lowest BCUT2D eigenvalue weighted by atomic mass is 10.1. The van der Waals surface area contributed by atoms with Crippen LogP contribution in [0.2, 0.25) is 0 Å². The molecule has 0 aliphatic rings. The van der Waals surface area contributed by atoms with Crippen molar-refractivity contribution in [1.29, 1.82) is 0 Å². The molecule has 0 fully saturated rings. The topological polar surface area (TPSA) is 69.0 Å². The molecule has 0 aliphatic heterocycles. The van der Waals surface area contributed by atoms with Crippen molar-refractivity contribution in [3.63, 3.8) is 0 Å². The molecule has 2 aromatic carbocycles. The van der Waals surface area contributed by atoms with Gasteiger partial charge in [-0.05, 0) is 68.7 Å². The molecule has 3 rings (SSSR count). The highest BCUT2D eigenvalue weighted by atomic mass is 16.5. The summed E-state index contributed by atoms with van der Waals surface area (Å²) in [6.45, 7) is 8.96. The Balaban J connectivity index is 1.70. The van der Waals surface area contributed by atoms with Gasteiger partial charge < -0.3 is 10.1 Å². The number of amides is 1. The number of aryl methyl sites for hydroxylation is 2. The van der Waals surface area contributed by atoms with Crippen molar-refractivity contribution in [1.82, 2.24) is 20.3 Å². The Bertz CT molecular complexity index is 945. The summed E-state index contributed by atoms with van der Waals surface area (Å²) in [6.07, 6.45) is 0. The minimum Gasteiger partial charge on any atom is -0.494 e. The van der Waals surface area contributed by atoms with E-state index in [1.54, 1.807) is 4.68 Å². The monoisotopic (exact) mass is 364 g/mol. The molecule has 27 heavy (non-hydrogen) atoms. The van der Waals surface area contributed by atoms with Gasteiger partial charge in [-0.2, -0.15) is 0 Å². The lowest BCUT2D eigenvalue weighted by Crippen LogP contribution is -2.24. The maximum Gasteiger partial charge on any atom is 0.274 e. The number of nitrogens with one attached hydrogen (secondary N) is 1. The van der Waals surface area contributed by atoms with Crippen molar-refractivity contribution in [2.45, 2.75) is 34.2 Å². The number of hydrogen-bond acceptors (Lipinski definition) is 4. The second kappa shape index (κ2) is 8.03. The van der Waals surface area contributed by atoms with E-state index < -0.39 is 0 Å². The molecular formula is C21H24N4O2. The van der Waals surface area contributed by atoms with Crippen LogP contribution in [0, 0.1) is 20.8 Å². The molecule has 140 valence electrons. The number of carbonyl (C=O) groups excluding carboxylic acids is 1. The van der Waals surface area contributed by atoms with E-state index in [0.29, 0.717) is 24.5 Å². The average molecular weight is 364 g/mol.